The minimum absolute atomic E-state index is 0.354. The van der Waals surface area contributed by atoms with Crippen LogP contribution >= 0.6 is 0 Å². The lowest BCUT2D eigenvalue weighted by atomic mass is 9.73. The van der Waals surface area contributed by atoms with Crippen LogP contribution in [0.4, 0.5) is 0 Å². The van der Waals surface area contributed by atoms with Crippen LogP contribution in [0.5, 0.6) is 0 Å². The van der Waals surface area contributed by atoms with Gasteiger partial charge in [-0.2, -0.15) is 0 Å². The molecule has 3 nitrogen and oxygen atoms in total. The quantitative estimate of drug-likeness (QED) is 0.837. The van der Waals surface area contributed by atoms with Gasteiger partial charge in [-0.15, -0.1) is 0 Å². The fourth-order valence-corrected chi connectivity index (χ4v) is 4.98. The lowest BCUT2D eigenvalue weighted by Gasteiger charge is -2.39. The van der Waals surface area contributed by atoms with E-state index >= 15 is 0 Å². The fraction of sp³-hybridized carbons (Fsp3) is 0.650. The Bertz CT molecular complexity index is 536. The Morgan fingerprint density at radius 1 is 1.00 bits per heavy atom. The minimum atomic E-state index is -0.354. The van der Waals surface area contributed by atoms with Crippen molar-refractivity contribution in [2.45, 2.75) is 43.9 Å². The van der Waals surface area contributed by atoms with Crippen molar-refractivity contribution in [3.8, 4) is 0 Å². The van der Waals surface area contributed by atoms with Crippen LogP contribution in [-0.2, 0) is 14.9 Å². The summed E-state index contributed by atoms with van der Waals surface area (Å²) in [5.74, 6) is 1.86. The molecule has 0 spiro atoms. The number of amides is 1. The highest BCUT2D eigenvalue weighted by molar-refractivity contribution is 5.88. The van der Waals surface area contributed by atoms with Gasteiger partial charge in [-0.1, -0.05) is 43.2 Å². The normalized spacial score (nSPS) is 30.0. The standard InChI is InChI=1S/C20H27NO2/c22-19(21-14-16-6-4-5-7-17(16)15-21)20(10-12-23-13-11-20)18-8-2-1-3-9-18/h1-3,8-9,16-17H,4-7,10-15H2/t16-,17+. The van der Waals surface area contributed by atoms with Crippen molar-refractivity contribution in [2.24, 2.45) is 11.8 Å². The molecule has 1 aliphatic carbocycles. The van der Waals surface area contributed by atoms with Crippen molar-refractivity contribution in [3.63, 3.8) is 0 Å². The predicted molar refractivity (Wildman–Crippen MR) is 90.2 cm³/mol. The molecule has 2 aliphatic heterocycles. The first-order chi connectivity index (χ1) is 11.3. The molecule has 3 fully saturated rings. The molecule has 1 saturated carbocycles. The number of benzene rings is 1. The van der Waals surface area contributed by atoms with E-state index in [4.69, 9.17) is 4.74 Å². The molecule has 0 aromatic heterocycles. The summed E-state index contributed by atoms with van der Waals surface area (Å²) in [5, 5.41) is 0. The summed E-state index contributed by atoms with van der Waals surface area (Å²) >= 11 is 0. The van der Waals surface area contributed by atoms with Crippen molar-refractivity contribution in [3.05, 3.63) is 35.9 Å². The Balaban J connectivity index is 1.60. The molecule has 2 saturated heterocycles. The number of nitrogens with zero attached hydrogens (tertiary/aromatic N) is 1. The maximum atomic E-state index is 13.5. The number of ether oxygens (including phenoxy) is 1. The second-order valence-corrected chi connectivity index (χ2v) is 7.58. The number of likely N-dealkylation sites (tertiary alicyclic amines) is 1. The third kappa shape index (κ3) is 2.69. The van der Waals surface area contributed by atoms with Gasteiger partial charge < -0.3 is 9.64 Å². The summed E-state index contributed by atoms with van der Waals surface area (Å²) in [6.07, 6.45) is 6.97. The van der Waals surface area contributed by atoms with Crippen LogP contribution in [0, 0.1) is 11.8 Å². The molecule has 3 aliphatic rings. The van der Waals surface area contributed by atoms with E-state index in [-0.39, 0.29) is 5.41 Å². The number of rotatable bonds is 2. The maximum absolute atomic E-state index is 13.5. The first kappa shape index (κ1) is 15.2. The summed E-state index contributed by atoms with van der Waals surface area (Å²) in [6.45, 7) is 3.36. The third-order valence-corrected chi connectivity index (χ3v) is 6.35. The number of hydrogen-bond acceptors (Lipinski definition) is 2. The van der Waals surface area contributed by atoms with Crippen molar-refractivity contribution in [1.29, 1.82) is 0 Å². The van der Waals surface area contributed by atoms with Gasteiger partial charge in [0.05, 0.1) is 5.41 Å². The van der Waals surface area contributed by atoms with Gasteiger partial charge in [-0.25, -0.2) is 0 Å². The second kappa shape index (κ2) is 6.27. The summed E-state index contributed by atoms with van der Waals surface area (Å²) in [7, 11) is 0. The van der Waals surface area contributed by atoms with Crippen molar-refractivity contribution in [1.82, 2.24) is 4.90 Å². The Kier molecular flexibility index (Phi) is 4.14. The zero-order chi connectivity index (χ0) is 15.7. The number of hydrogen-bond donors (Lipinski definition) is 0. The smallest absolute Gasteiger partial charge is 0.233 e. The Labute approximate surface area is 139 Å². The van der Waals surface area contributed by atoms with Crippen LogP contribution in [0.2, 0.25) is 0 Å². The Morgan fingerprint density at radius 3 is 2.22 bits per heavy atom. The van der Waals surface area contributed by atoms with Crippen LogP contribution in [-0.4, -0.2) is 37.1 Å². The van der Waals surface area contributed by atoms with E-state index in [1.807, 2.05) is 6.07 Å². The van der Waals surface area contributed by atoms with E-state index in [9.17, 15) is 4.79 Å². The molecule has 2 heterocycles. The van der Waals surface area contributed by atoms with Crippen LogP contribution in [0.1, 0.15) is 44.1 Å². The molecule has 2 atom stereocenters. The molecule has 124 valence electrons. The lowest BCUT2D eigenvalue weighted by Crippen LogP contribution is -2.49. The molecule has 1 aromatic rings. The average molecular weight is 313 g/mol. The summed E-state index contributed by atoms with van der Waals surface area (Å²) in [4.78, 5) is 15.7. The van der Waals surface area contributed by atoms with Crippen LogP contribution in [0.15, 0.2) is 30.3 Å². The molecular weight excluding hydrogens is 286 g/mol. The van der Waals surface area contributed by atoms with E-state index in [1.165, 1.54) is 31.2 Å². The first-order valence-corrected chi connectivity index (χ1v) is 9.22. The van der Waals surface area contributed by atoms with Crippen LogP contribution in [0.3, 0.4) is 0 Å². The highest BCUT2D eigenvalue weighted by Crippen LogP contribution is 2.41. The van der Waals surface area contributed by atoms with Gasteiger partial charge in [0.25, 0.3) is 0 Å². The molecule has 1 amide bonds. The number of fused-ring (bicyclic) bond motifs is 1. The van der Waals surface area contributed by atoms with Gasteiger partial charge in [0.1, 0.15) is 0 Å². The monoisotopic (exact) mass is 313 g/mol. The van der Waals surface area contributed by atoms with Gasteiger partial charge in [-0.05, 0) is 43.1 Å². The van der Waals surface area contributed by atoms with Crippen LogP contribution < -0.4 is 0 Å². The van der Waals surface area contributed by atoms with E-state index in [0.717, 1.165) is 37.8 Å². The molecule has 23 heavy (non-hydrogen) atoms. The van der Waals surface area contributed by atoms with Gasteiger partial charge >= 0.3 is 0 Å². The highest BCUT2D eigenvalue weighted by Gasteiger charge is 2.47. The van der Waals surface area contributed by atoms with E-state index < -0.39 is 0 Å². The molecule has 0 radical (unpaired) electrons. The zero-order valence-electron chi connectivity index (χ0n) is 13.9. The van der Waals surface area contributed by atoms with Gasteiger partial charge in [0.2, 0.25) is 5.91 Å². The number of carbonyl (C=O) groups excluding carboxylic acids is 1. The van der Waals surface area contributed by atoms with Crippen LogP contribution in [0.25, 0.3) is 0 Å². The van der Waals surface area contributed by atoms with E-state index in [2.05, 4.69) is 29.2 Å². The van der Waals surface area contributed by atoms with E-state index in [1.54, 1.807) is 0 Å². The summed E-state index contributed by atoms with van der Waals surface area (Å²) < 4.78 is 5.58. The SMILES string of the molecule is O=C(N1C[C@H]2CCCC[C@H]2C1)C1(c2ccccc2)CCOCC1. The highest BCUT2D eigenvalue weighted by atomic mass is 16.5. The summed E-state index contributed by atoms with van der Waals surface area (Å²) in [6, 6.07) is 10.4. The minimum Gasteiger partial charge on any atom is -0.381 e. The summed E-state index contributed by atoms with van der Waals surface area (Å²) in [5.41, 5.74) is 0.829. The lowest BCUT2D eigenvalue weighted by molar-refractivity contribution is -0.140. The largest absolute Gasteiger partial charge is 0.381 e. The van der Waals surface area contributed by atoms with Gasteiger partial charge in [-0.3, -0.25) is 4.79 Å². The maximum Gasteiger partial charge on any atom is 0.233 e. The predicted octanol–water partition coefficient (Wildman–Crippen LogP) is 3.38. The zero-order valence-corrected chi connectivity index (χ0v) is 13.9. The Hall–Kier alpha value is -1.35. The molecule has 0 unspecified atom stereocenters. The molecule has 0 bridgehead atoms. The molecule has 1 aromatic carbocycles. The molecule has 3 heteroatoms. The molecule has 4 rings (SSSR count). The van der Waals surface area contributed by atoms with E-state index in [0.29, 0.717) is 19.1 Å². The van der Waals surface area contributed by atoms with Crippen molar-refractivity contribution < 1.29 is 9.53 Å². The van der Waals surface area contributed by atoms with Crippen molar-refractivity contribution in [2.75, 3.05) is 26.3 Å². The fourth-order valence-electron chi connectivity index (χ4n) is 4.98. The average Bonchev–Trinajstić information content (AvgIpc) is 3.06. The third-order valence-electron chi connectivity index (χ3n) is 6.35. The Morgan fingerprint density at radius 2 is 1.61 bits per heavy atom. The number of carbonyl (C=O) groups is 1. The topological polar surface area (TPSA) is 29.5 Å². The molecule has 0 N–H and O–H groups in total. The first-order valence-electron chi connectivity index (χ1n) is 9.22. The van der Waals surface area contributed by atoms with Crippen molar-refractivity contribution >= 4 is 5.91 Å². The molecular formula is C20H27NO2. The van der Waals surface area contributed by atoms with Gasteiger partial charge in [0.15, 0.2) is 0 Å². The second-order valence-electron chi connectivity index (χ2n) is 7.58. The van der Waals surface area contributed by atoms with Gasteiger partial charge in [0, 0.05) is 26.3 Å².